The summed E-state index contributed by atoms with van der Waals surface area (Å²) in [7, 11) is 0. The van der Waals surface area contributed by atoms with E-state index in [-0.39, 0.29) is 0 Å². The molecule has 3 nitrogen and oxygen atoms in total. The fraction of sp³-hybridized carbons (Fsp3) is 0.545. The third kappa shape index (κ3) is 2.43. The molecule has 0 N–H and O–H groups in total. The summed E-state index contributed by atoms with van der Waals surface area (Å²) in [6.07, 6.45) is 1.78. The number of hydrogen-bond acceptors (Lipinski definition) is 3. The van der Waals surface area contributed by atoms with Crippen LogP contribution in [0.4, 0.5) is 5.69 Å². The Kier molecular flexibility index (Phi) is 3.14. The van der Waals surface area contributed by atoms with Crippen molar-refractivity contribution in [2.45, 2.75) is 13.8 Å². The topological polar surface area (TPSA) is 25.4 Å². The quantitative estimate of drug-likeness (QED) is 0.827. The summed E-state index contributed by atoms with van der Waals surface area (Å²) in [5.41, 5.74) is 1.10. The van der Waals surface area contributed by atoms with Crippen molar-refractivity contribution in [2.75, 3.05) is 24.6 Å². The third-order valence-corrected chi connectivity index (χ3v) is 2.76. The number of pyridine rings is 1. The third-order valence-electron chi connectivity index (χ3n) is 2.33. The minimum absolute atomic E-state index is 0.648. The number of rotatable bonds is 2. The Morgan fingerprint density at radius 2 is 2.40 bits per heavy atom. The lowest BCUT2D eigenvalue weighted by atomic mass is 10.2. The normalized spacial score (nSPS) is 15.1. The predicted octanol–water partition coefficient (Wildman–Crippen LogP) is 2.70. The first-order chi connectivity index (χ1) is 7.16. The molecule has 0 unspecified atom stereocenters. The molecule has 1 aliphatic heterocycles. The number of anilines is 1. The van der Waals surface area contributed by atoms with Crippen molar-refractivity contribution in [3.05, 3.63) is 16.7 Å². The van der Waals surface area contributed by atoms with Gasteiger partial charge in [0.1, 0.15) is 12.3 Å². The Labute approximate surface area is 98.6 Å². The highest BCUT2D eigenvalue weighted by atomic mass is 79.9. The molecule has 0 bridgehead atoms. The van der Waals surface area contributed by atoms with Crippen molar-refractivity contribution in [3.63, 3.8) is 0 Å². The van der Waals surface area contributed by atoms with Crippen LogP contribution in [0, 0.1) is 5.92 Å². The summed E-state index contributed by atoms with van der Waals surface area (Å²) in [5.74, 6) is 1.40. The molecule has 15 heavy (non-hydrogen) atoms. The average molecular weight is 271 g/mol. The van der Waals surface area contributed by atoms with Gasteiger partial charge in [0.05, 0.1) is 6.54 Å². The van der Waals surface area contributed by atoms with Crippen molar-refractivity contribution in [3.8, 4) is 5.88 Å². The lowest BCUT2D eigenvalue weighted by Gasteiger charge is -2.31. The van der Waals surface area contributed by atoms with Crippen LogP contribution in [0.3, 0.4) is 0 Å². The van der Waals surface area contributed by atoms with E-state index in [0.29, 0.717) is 5.92 Å². The summed E-state index contributed by atoms with van der Waals surface area (Å²) in [6.45, 7) is 7.17. The maximum Gasteiger partial charge on any atom is 0.237 e. The van der Waals surface area contributed by atoms with Crippen LogP contribution in [0.25, 0.3) is 0 Å². The van der Waals surface area contributed by atoms with Gasteiger partial charge in [0.2, 0.25) is 5.88 Å². The van der Waals surface area contributed by atoms with Gasteiger partial charge >= 0.3 is 0 Å². The molecule has 1 aromatic rings. The molecule has 4 heteroatoms. The highest BCUT2D eigenvalue weighted by molar-refractivity contribution is 9.10. The molecule has 82 valence electrons. The molecule has 0 radical (unpaired) electrons. The smallest absolute Gasteiger partial charge is 0.237 e. The van der Waals surface area contributed by atoms with Crippen LogP contribution in [0.2, 0.25) is 0 Å². The molecule has 1 aliphatic rings. The largest absolute Gasteiger partial charge is 0.474 e. The summed E-state index contributed by atoms with van der Waals surface area (Å²) in [6, 6.07) is 2.07. The SMILES string of the molecule is CC(C)CN1CCOc2ncc(Br)cc21. The highest BCUT2D eigenvalue weighted by Gasteiger charge is 2.19. The highest BCUT2D eigenvalue weighted by Crippen LogP contribution is 2.31. The minimum Gasteiger partial charge on any atom is -0.474 e. The summed E-state index contributed by atoms with van der Waals surface area (Å²) >= 11 is 3.44. The van der Waals surface area contributed by atoms with Gasteiger partial charge in [0.25, 0.3) is 0 Å². The van der Waals surface area contributed by atoms with Crippen molar-refractivity contribution >= 4 is 21.6 Å². The van der Waals surface area contributed by atoms with Gasteiger partial charge in [-0.25, -0.2) is 4.98 Å². The minimum atomic E-state index is 0.648. The fourth-order valence-electron chi connectivity index (χ4n) is 1.76. The summed E-state index contributed by atoms with van der Waals surface area (Å²) in [5, 5.41) is 0. The van der Waals surface area contributed by atoms with Gasteiger partial charge in [0.15, 0.2) is 0 Å². The van der Waals surface area contributed by atoms with Gasteiger partial charge < -0.3 is 9.64 Å². The lowest BCUT2D eigenvalue weighted by Crippen LogP contribution is -2.35. The monoisotopic (exact) mass is 270 g/mol. The van der Waals surface area contributed by atoms with E-state index in [9.17, 15) is 0 Å². The van der Waals surface area contributed by atoms with Gasteiger partial charge in [0, 0.05) is 17.2 Å². The second-order valence-corrected chi connectivity index (χ2v) is 5.08. The number of fused-ring (bicyclic) bond motifs is 1. The van der Waals surface area contributed by atoms with Crippen molar-refractivity contribution < 1.29 is 4.74 Å². The molecule has 1 aromatic heterocycles. The van der Waals surface area contributed by atoms with Gasteiger partial charge in [-0.3, -0.25) is 0 Å². The number of nitrogens with zero attached hydrogens (tertiary/aromatic N) is 2. The second-order valence-electron chi connectivity index (χ2n) is 4.17. The second kappa shape index (κ2) is 4.39. The molecule has 0 amide bonds. The molecule has 2 heterocycles. The van der Waals surface area contributed by atoms with Gasteiger partial charge in [-0.05, 0) is 27.9 Å². The maximum atomic E-state index is 5.52. The van der Waals surface area contributed by atoms with Crippen LogP contribution < -0.4 is 9.64 Å². The Hall–Kier alpha value is -0.770. The van der Waals surface area contributed by atoms with Crippen LogP contribution in [-0.2, 0) is 0 Å². The number of hydrogen-bond donors (Lipinski definition) is 0. The van der Waals surface area contributed by atoms with Crippen LogP contribution in [0.1, 0.15) is 13.8 Å². The zero-order chi connectivity index (χ0) is 10.8. The lowest BCUT2D eigenvalue weighted by molar-refractivity contribution is 0.292. The molecule has 2 rings (SSSR count). The molecule has 0 atom stereocenters. The van der Waals surface area contributed by atoms with Crippen LogP contribution in [0.15, 0.2) is 16.7 Å². The van der Waals surface area contributed by atoms with E-state index in [2.05, 4.69) is 45.7 Å². The number of ether oxygens (including phenoxy) is 1. The number of halogens is 1. The Morgan fingerprint density at radius 1 is 1.60 bits per heavy atom. The Balaban J connectivity index is 2.28. The molecular weight excluding hydrogens is 256 g/mol. The molecule has 0 saturated heterocycles. The van der Waals surface area contributed by atoms with E-state index in [4.69, 9.17) is 4.74 Å². The van der Waals surface area contributed by atoms with E-state index in [1.165, 1.54) is 0 Å². The molecule has 0 saturated carbocycles. The van der Waals surface area contributed by atoms with E-state index < -0.39 is 0 Å². The molecule has 0 fully saturated rings. The number of aromatic nitrogens is 1. The Morgan fingerprint density at radius 3 is 3.13 bits per heavy atom. The van der Waals surface area contributed by atoms with E-state index >= 15 is 0 Å². The van der Waals surface area contributed by atoms with Crippen LogP contribution in [0.5, 0.6) is 5.88 Å². The Bertz CT molecular complexity index is 354. The molecule has 0 aliphatic carbocycles. The fourth-order valence-corrected chi connectivity index (χ4v) is 2.08. The first-order valence-electron chi connectivity index (χ1n) is 5.20. The zero-order valence-corrected chi connectivity index (χ0v) is 10.6. The van der Waals surface area contributed by atoms with E-state index in [1.54, 1.807) is 6.20 Å². The predicted molar refractivity (Wildman–Crippen MR) is 64.5 cm³/mol. The maximum absolute atomic E-state index is 5.52. The van der Waals surface area contributed by atoms with Gasteiger partial charge in [-0.2, -0.15) is 0 Å². The van der Waals surface area contributed by atoms with E-state index in [1.807, 2.05) is 0 Å². The van der Waals surface area contributed by atoms with Crippen LogP contribution >= 0.6 is 15.9 Å². The van der Waals surface area contributed by atoms with E-state index in [0.717, 1.165) is 35.7 Å². The van der Waals surface area contributed by atoms with Crippen molar-refractivity contribution in [1.82, 2.24) is 4.98 Å². The van der Waals surface area contributed by atoms with Crippen molar-refractivity contribution in [1.29, 1.82) is 0 Å². The van der Waals surface area contributed by atoms with Gasteiger partial charge in [-0.1, -0.05) is 13.8 Å². The first-order valence-corrected chi connectivity index (χ1v) is 5.99. The van der Waals surface area contributed by atoms with Crippen molar-refractivity contribution in [2.24, 2.45) is 5.92 Å². The molecular formula is C11H15BrN2O. The summed E-state index contributed by atoms with van der Waals surface area (Å²) < 4.78 is 6.52. The first kappa shape index (κ1) is 10.7. The molecule has 0 spiro atoms. The summed E-state index contributed by atoms with van der Waals surface area (Å²) in [4.78, 5) is 6.60. The van der Waals surface area contributed by atoms with Crippen LogP contribution in [-0.4, -0.2) is 24.7 Å². The zero-order valence-electron chi connectivity index (χ0n) is 9.03. The average Bonchev–Trinajstić information content (AvgIpc) is 2.18. The molecule has 0 aromatic carbocycles. The van der Waals surface area contributed by atoms with Gasteiger partial charge in [-0.15, -0.1) is 0 Å². The standard InChI is InChI=1S/C11H15BrN2O/c1-8(2)7-14-3-4-15-11-10(14)5-9(12)6-13-11/h5-6,8H,3-4,7H2,1-2H3.